The first-order valence-electron chi connectivity index (χ1n) is 4.69. The molecule has 1 atom stereocenters. The minimum Gasteiger partial charge on any atom is -0.245 e. The summed E-state index contributed by atoms with van der Waals surface area (Å²) >= 11 is 0. The summed E-state index contributed by atoms with van der Waals surface area (Å²) in [4.78, 5) is 3.67. The van der Waals surface area contributed by atoms with Gasteiger partial charge in [0, 0.05) is 11.9 Å². The smallest absolute Gasteiger partial charge is 0.212 e. The van der Waals surface area contributed by atoms with Gasteiger partial charge in [0.2, 0.25) is 9.84 Å². The summed E-state index contributed by atoms with van der Waals surface area (Å²) in [5.41, 5.74) is 0. The first-order chi connectivity index (χ1) is 7.32. The van der Waals surface area contributed by atoms with Crippen LogP contribution >= 0.6 is 0 Å². The summed E-state index contributed by atoms with van der Waals surface area (Å²) < 4.78 is 45.4. The summed E-state index contributed by atoms with van der Waals surface area (Å²) in [6, 6.07) is 4.36. The molecule has 1 unspecified atom stereocenters. The van der Waals surface area contributed by atoms with Crippen LogP contribution in [0.1, 0.15) is 13.8 Å². The van der Waals surface area contributed by atoms with Crippen LogP contribution in [-0.2, 0) is 19.7 Å². The minimum absolute atomic E-state index is 0.208. The second-order valence-corrected chi connectivity index (χ2v) is 8.36. The lowest BCUT2D eigenvalue weighted by Gasteiger charge is -2.11. The third kappa shape index (κ3) is 2.41. The van der Waals surface area contributed by atoms with Crippen molar-refractivity contribution in [2.75, 3.05) is 5.75 Å². The van der Waals surface area contributed by atoms with E-state index in [2.05, 4.69) is 4.98 Å². The molecular weight excluding hydrogens is 250 g/mol. The van der Waals surface area contributed by atoms with E-state index in [4.69, 9.17) is 0 Å². The molecule has 1 aromatic heterocycles. The van der Waals surface area contributed by atoms with E-state index in [1.165, 1.54) is 32.2 Å². The van der Waals surface area contributed by atoms with E-state index < -0.39 is 24.3 Å². The van der Waals surface area contributed by atoms with Crippen LogP contribution in [0.3, 0.4) is 0 Å². The molecule has 0 saturated heterocycles. The number of pyridine rings is 1. The molecule has 0 fully saturated rings. The predicted octanol–water partition coefficient (Wildman–Crippen LogP) is 0.636. The molecule has 1 rings (SSSR count). The molecule has 0 aliphatic rings. The third-order valence-corrected chi connectivity index (χ3v) is 7.43. The van der Waals surface area contributed by atoms with Gasteiger partial charge in [0.15, 0.2) is 19.4 Å². The van der Waals surface area contributed by atoms with Crippen molar-refractivity contribution in [2.45, 2.75) is 23.5 Å². The molecule has 0 aromatic carbocycles. The molecule has 0 aliphatic carbocycles. The molecule has 0 amide bonds. The Balaban J connectivity index is 3.25. The highest BCUT2D eigenvalue weighted by Crippen LogP contribution is 2.17. The number of aromatic nitrogens is 1. The molecule has 0 saturated carbocycles. The minimum atomic E-state index is -3.91. The van der Waals surface area contributed by atoms with E-state index in [0.29, 0.717) is 0 Å². The van der Waals surface area contributed by atoms with Gasteiger partial charge in [-0.2, -0.15) is 0 Å². The molecule has 90 valence electrons. The van der Waals surface area contributed by atoms with Gasteiger partial charge in [-0.1, -0.05) is 13.0 Å². The highest BCUT2D eigenvalue weighted by atomic mass is 32.3. The number of hydrogen-bond acceptors (Lipinski definition) is 5. The van der Waals surface area contributed by atoms with Gasteiger partial charge in [-0.15, -0.1) is 0 Å². The zero-order valence-electron chi connectivity index (χ0n) is 8.99. The quantitative estimate of drug-likeness (QED) is 0.796. The Morgan fingerprint density at radius 2 is 1.88 bits per heavy atom. The number of sulfone groups is 2. The fourth-order valence-electron chi connectivity index (χ4n) is 1.11. The number of rotatable bonds is 4. The van der Waals surface area contributed by atoms with E-state index in [1.807, 2.05) is 0 Å². The van der Waals surface area contributed by atoms with Crippen molar-refractivity contribution in [1.29, 1.82) is 0 Å². The molecule has 7 heteroatoms. The Labute approximate surface area is 95.4 Å². The Hall–Kier alpha value is -0.950. The Kier molecular flexibility index (Phi) is 3.69. The summed E-state index contributed by atoms with van der Waals surface area (Å²) in [5, 5.41) is -0.209. The highest BCUT2D eigenvalue weighted by Gasteiger charge is 2.34. The fraction of sp³-hybridized carbons (Fsp3) is 0.444. The largest absolute Gasteiger partial charge is 0.245 e. The first kappa shape index (κ1) is 13.1. The normalized spacial score (nSPS) is 14.6. The van der Waals surface area contributed by atoms with Crippen LogP contribution in [0.5, 0.6) is 0 Å². The van der Waals surface area contributed by atoms with Crippen LogP contribution in [0, 0.1) is 0 Å². The third-order valence-electron chi connectivity index (χ3n) is 2.27. The van der Waals surface area contributed by atoms with Gasteiger partial charge >= 0.3 is 0 Å². The van der Waals surface area contributed by atoms with Crippen molar-refractivity contribution in [3.05, 3.63) is 24.4 Å². The molecule has 1 aromatic rings. The molecular formula is C9H13NO4S2. The highest BCUT2D eigenvalue weighted by molar-refractivity contribution is 8.09. The Bertz CT molecular complexity index is 548. The molecule has 5 nitrogen and oxygen atoms in total. The summed E-state index contributed by atoms with van der Waals surface area (Å²) in [7, 11) is -7.54. The summed E-state index contributed by atoms with van der Waals surface area (Å²) in [5.74, 6) is -0.208. The maximum Gasteiger partial charge on any atom is 0.212 e. The van der Waals surface area contributed by atoms with Crippen molar-refractivity contribution in [3.63, 3.8) is 0 Å². The molecule has 0 bridgehead atoms. The van der Waals surface area contributed by atoms with Crippen LogP contribution in [0.2, 0.25) is 0 Å². The van der Waals surface area contributed by atoms with E-state index in [1.54, 1.807) is 6.07 Å². The molecule has 0 N–H and O–H groups in total. The zero-order valence-corrected chi connectivity index (χ0v) is 10.6. The van der Waals surface area contributed by atoms with Gasteiger partial charge in [-0.25, -0.2) is 21.8 Å². The van der Waals surface area contributed by atoms with Crippen LogP contribution in [0.25, 0.3) is 0 Å². The molecule has 0 radical (unpaired) electrons. The average molecular weight is 263 g/mol. The van der Waals surface area contributed by atoms with Gasteiger partial charge in [0.05, 0.1) is 0 Å². The van der Waals surface area contributed by atoms with E-state index >= 15 is 0 Å². The second kappa shape index (κ2) is 4.50. The second-order valence-electron chi connectivity index (χ2n) is 3.23. The SMILES string of the molecule is CCS(=O)(=O)C(C)S(=O)(=O)c1ccccn1. The fourth-order valence-corrected chi connectivity index (χ4v) is 4.65. The maximum atomic E-state index is 11.9. The molecule has 0 aliphatic heterocycles. The summed E-state index contributed by atoms with van der Waals surface area (Å²) in [6.07, 6.45) is 1.32. The van der Waals surface area contributed by atoms with Crippen molar-refractivity contribution in [2.24, 2.45) is 0 Å². The molecule has 16 heavy (non-hydrogen) atoms. The molecule has 0 spiro atoms. The van der Waals surface area contributed by atoms with Gasteiger partial charge < -0.3 is 0 Å². The first-order valence-corrected chi connectivity index (χ1v) is 7.95. The Morgan fingerprint density at radius 3 is 2.31 bits per heavy atom. The van der Waals surface area contributed by atoms with Gasteiger partial charge in [0.1, 0.15) is 0 Å². The Morgan fingerprint density at radius 1 is 1.25 bits per heavy atom. The van der Waals surface area contributed by atoms with E-state index in [-0.39, 0.29) is 10.8 Å². The van der Waals surface area contributed by atoms with Crippen molar-refractivity contribution in [3.8, 4) is 0 Å². The van der Waals surface area contributed by atoms with Crippen LogP contribution < -0.4 is 0 Å². The monoisotopic (exact) mass is 263 g/mol. The lowest BCUT2D eigenvalue weighted by Crippen LogP contribution is -2.29. The number of hydrogen-bond donors (Lipinski definition) is 0. The maximum absolute atomic E-state index is 11.9. The van der Waals surface area contributed by atoms with Gasteiger partial charge in [-0.3, -0.25) is 0 Å². The standard InChI is InChI=1S/C9H13NO4S2/c1-3-15(11,12)8(2)16(13,14)9-6-4-5-7-10-9/h4-8H,3H2,1-2H3. The van der Waals surface area contributed by atoms with Crippen molar-refractivity contribution in [1.82, 2.24) is 4.98 Å². The summed E-state index contributed by atoms with van der Waals surface area (Å²) in [6.45, 7) is 2.59. The number of nitrogens with zero attached hydrogens (tertiary/aromatic N) is 1. The van der Waals surface area contributed by atoms with Gasteiger partial charge in [0.25, 0.3) is 0 Å². The van der Waals surface area contributed by atoms with Gasteiger partial charge in [-0.05, 0) is 19.1 Å². The average Bonchev–Trinajstić information content (AvgIpc) is 2.29. The molecule has 1 heterocycles. The van der Waals surface area contributed by atoms with Crippen LogP contribution in [0.15, 0.2) is 29.4 Å². The lowest BCUT2D eigenvalue weighted by molar-refractivity contribution is 0.576. The van der Waals surface area contributed by atoms with E-state index in [0.717, 1.165) is 0 Å². The predicted molar refractivity (Wildman–Crippen MR) is 60.3 cm³/mol. The van der Waals surface area contributed by atoms with Crippen LogP contribution in [0.4, 0.5) is 0 Å². The lowest BCUT2D eigenvalue weighted by atomic mass is 10.5. The van der Waals surface area contributed by atoms with Crippen molar-refractivity contribution >= 4 is 19.7 Å². The zero-order chi connectivity index (χ0) is 12.4. The van der Waals surface area contributed by atoms with E-state index in [9.17, 15) is 16.8 Å². The topological polar surface area (TPSA) is 81.2 Å². The van der Waals surface area contributed by atoms with Crippen molar-refractivity contribution < 1.29 is 16.8 Å². The van der Waals surface area contributed by atoms with Crippen LogP contribution in [-0.4, -0.2) is 32.2 Å².